The molecule has 0 saturated carbocycles. The summed E-state index contributed by atoms with van der Waals surface area (Å²) in [7, 11) is 3.61. The largest absolute Gasteiger partial charge is 0.468 e. The van der Waals surface area contributed by atoms with Gasteiger partial charge in [-0.25, -0.2) is 9.97 Å². The molecule has 0 aliphatic carbocycles. The maximum atomic E-state index is 5.04. The van der Waals surface area contributed by atoms with E-state index in [2.05, 4.69) is 37.7 Å². The van der Waals surface area contributed by atoms with E-state index in [4.69, 9.17) is 4.74 Å². The second-order valence-electron chi connectivity index (χ2n) is 4.23. The summed E-state index contributed by atoms with van der Waals surface area (Å²) in [5.74, 6) is 1.00. The van der Waals surface area contributed by atoms with E-state index < -0.39 is 0 Å². The zero-order valence-electron chi connectivity index (χ0n) is 10.6. The summed E-state index contributed by atoms with van der Waals surface area (Å²) in [6.45, 7) is 2.00. The number of hydrogen-bond donors (Lipinski definition) is 1. The smallest absolute Gasteiger partial charge is 0.293 e. The van der Waals surface area contributed by atoms with Gasteiger partial charge in [0.25, 0.3) is 6.01 Å². The molecule has 0 aliphatic rings. The van der Waals surface area contributed by atoms with Crippen LogP contribution in [0, 0.1) is 6.92 Å². The van der Waals surface area contributed by atoms with Crippen molar-refractivity contribution in [3.8, 4) is 17.3 Å². The number of hydrogen-bond acceptors (Lipinski definition) is 3. The highest BCUT2D eigenvalue weighted by atomic mass is 16.5. The van der Waals surface area contributed by atoms with Crippen LogP contribution in [0.1, 0.15) is 5.82 Å². The third kappa shape index (κ3) is 1.55. The van der Waals surface area contributed by atoms with Gasteiger partial charge >= 0.3 is 0 Å². The first-order valence-corrected chi connectivity index (χ1v) is 5.71. The Kier molecular flexibility index (Phi) is 2.33. The predicted molar refractivity (Wildman–Crippen MR) is 69.6 cm³/mol. The molecular weight excluding hydrogens is 228 g/mol. The molecule has 1 N–H and O–H groups in total. The number of aromatic amines is 1. The molecule has 3 rings (SSSR count). The number of ether oxygens (including phenoxy) is 1. The van der Waals surface area contributed by atoms with Gasteiger partial charge in [0.05, 0.1) is 30.0 Å². The molecule has 0 atom stereocenters. The van der Waals surface area contributed by atoms with E-state index in [-0.39, 0.29) is 0 Å². The van der Waals surface area contributed by atoms with E-state index in [1.165, 1.54) is 0 Å². The first-order chi connectivity index (χ1) is 8.69. The fourth-order valence-corrected chi connectivity index (χ4v) is 2.04. The Morgan fingerprint density at radius 1 is 1.33 bits per heavy atom. The average molecular weight is 242 g/mol. The molecule has 0 unspecified atom stereocenters. The highest BCUT2D eigenvalue weighted by Gasteiger charge is 2.08. The van der Waals surface area contributed by atoms with Gasteiger partial charge in [-0.15, -0.1) is 0 Å². The van der Waals surface area contributed by atoms with Crippen LogP contribution in [0.15, 0.2) is 24.4 Å². The maximum absolute atomic E-state index is 5.04. The molecule has 0 fully saturated rings. The summed E-state index contributed by atoms with van der Waals surface area (Å²) >= 11 is 0. The molecule has 5 nitrogen and oxygen atoms in total. The molecule has 3 aromatic rings. The SMILES string of the molecule is COc1ncc(-c2ccc3c(c2)nc(C)n3C)[nH]1. The highest BCUT2D eigenvalue weighted by Crippen LogP contribution is 2.24. The number of fused-ring (bicyclic) bond motifs is 1. The summed E-state index contributed by atoms with van der Waals surface area (Å²) < 4.78 is 7.12. The van der Waals surface area contributed by atoms with E-state index in [0.717, 1.165) is 28.1 Å². The Morgan fingerprint density at radius 2 is 2.17 bits per heavy atom. The molecule has 92 valence electrons. The summed E-state index contributed by atoms with van der Waals surface area (Å²) in [6.07, 6.45) is 1.76. The quantitative estimate of drug-likeness (QED) is 0.750. The van der Waals surface area contributed by atoms with Crippen LogP contribution >= 0.6 is 0 Å². The number of benzene rings is 1. The Bertz CT molecular complexity index is 711. The fourth-order valence-electron chi connectivity index (χ4n) is 2.04. The van der Waals surface area contributed by atoms with Gasteiger partial charge in [0.1, 0.15) is 5.82 Å². The molecular formula is C13H14N4O. The van der Waals surface area contributed by atoms with Gasteiger partial charge in [0.15, 0.2) is 0 Å². The summed E-state index contributed by atoms with van der Waals surface area (Å²) in [4.78, 5) is 11.7. The van der Waals surface area contributed by atoms with Gasteiger partial charge in [-0.3, -0.25) is 0 Å². The van der Waals surface area contributed by atoms with Crippen molar-refractivity contribution in [3.05, 3.63) is 30.2 Å². The van der Waals surface area contributed by atoms with E-state index in [1.807, 2.05) is 14.0 Å². The molecule has 0 radical (unpaired) electrons. The van der Waals surface area contributed by atoms with Crippen molar-refractivity contribution in [2.75, 3.05) is 7.11 Å². The van der Waals surface area contributed by atoms with Crippen molar-refractivity contribution in [3.63, 3.8) is 0 Å². The van der Waals surface area contributed by atoms with Gasteiger partial charge in [-0.05, 0) is 19.1 Å². The van der Waals surface area contributed by atoms with Crippen molar-refractivity contribution < 1.29 is 4.74 Å². The summed E-state index contributed by atoms with van der Waals surface area (Å²) in [6, 6.07) is 6.69. The molecule has 0 spiro atoms. The number of imidazole rings is 2. The second-order valence-corrected chi connectivity index (χ2v) is 4.23. The molecule has 0 amide bonds. The van der Waals surface area contributed by atoms with Crippen molar-refractivity contribution in [2.45, 2.75) is 6.92 Å². The van der Waals surface area contributed by atoms with Crippen LogP contribution in [0.4, 0.5) is 0 Å². The standard InChI is InChI=1S/C13H14N4O/c1-8-15-10-6-9(4-5-12(10)17(8)2)11-7-14-13(16-11)18-3/h4-7H,1-3H3,(H,14,16). The van der Waals surface area contributed by atoms with Crippen molar-refractivity contribution in [2.24, 2.45) is 7.05 Å². The molecule has 0 saturated heterocycles. The Morgan fingerprint density at radius 3 is 2.89 bits per heavy atom. The number of nitrogens with zero attached hydrogens (tertiary/aromatic N) is 3. The van der Waals surface area contributed by atoms with Gasteiger partial charge in [-0.2, -0.15) is 0 Å². The first kappa shape index (κ1) is 10.8. The normalized spacial score (nSPS) is 11.1. The Hall–Kier alpha value is -2.30. The minimum absolute atomic E-state index is 0.516. The first-order valence-electron chi connectivity index (χ1n) is 5.71. The van der Waals surface area contributed by atoms with Crippen molar-refractivity contribution in [1.82, 2.24) is 19.5 Å². The number of aromatic nitrogens is 4. The predicted octanol–water partition coefficient (Wildman–Crippen LogP) is 2.28. The van der Waals surface area contributed by atoms with Gasteiger partial charge in [-0.1, -0.05) is 6.07 Å². The molecule has 2 heterocycles. The summed E-state index contributed by atoms with van der Waals surface area (Å²) in [5, 5.41) is 0. The van der Waals surface area contributed by atoms with E-state index in [1.54, 1.807) is 13.3 Å². The van der Waals surface area contributed by atoms with Gasteiger partial charge in [0.2, 0.25) is 0 Å². The van der Waals surface area contributed by atoms with Crippen LogP contribution in [0.3, 0.4) is 0 Å². The lowest BCUT2D eigenvalue weighted by Gasteiger charge is -1.99. The minimum atomic E-state index is 0.516. The maximum Gasteiger partial charge on any atom is 0.293 e. The molecule has 0 bridgehead atoms. The number of H-pyrrole nitrogens is 1. The fraction of sp³-hybridized carbons (Fsp3) is 0.231. The number of rotatable bonds is 2. The van der Waals surface area contributed by atoms with E-state index >= 15 is 0 Å². The van der Waals surface area contributed by atoms with Crippen LogP contribution in [0.25, 0.3) is 22.3 Å². The number of aryl methyl sites for hydroxylation is 2. The third-order valence-electron chi connectivity index (χ3n) is 3.16. The molecule has 18 heavy (non-hydrogen) atoms. The van der Waals surface area contributed by atoms with Crippen LogP contribution in [-0.2, 0) is 7.05 Å². The zero-order chi connectivity index (χ0) is 12.7. The molecule has 1 aromatic carbocycles. The Labute approximate surface area is 104 Å². The van der Waals surface area contributed by atoms with Crippen LogP contribution in [0.5, 0.6) is 6.01 Å². The average Bonchev–Trinajstić information content (AvgIpc) is 2.95. The topological polar surface area (TPSA) is 55.7 Å². The van der Waals surface area contributed by atoms with Gasteiger partial charge < -0.3 is 14.3 Å². The summed E-state index contributed by atoms with van der Waals surface area (Å²) in [5.41, 5.74) is 4.09. The van der Waals surface area contributed by atoms with E-state index in [0.29, 0.717) is 6.01 Å². The van der Waals surface area contributed by atoms with Crippen molar-refractivity contribution in [1.29, 1.82) is 0 Å². The lowest BCUT2D eigenvalue weighted by Crippen LogP contribution is -1.89. The highest BCUT2D eigenvalue weighted by molar-refractivity contribution is 5.81. The lowest BCUT2D eigenvalue weighted by molar-refractivity contribution is 0.384. The lowest BCUT2D eigenvalue weighted by atomic mass is 10.1. The second kappa shape index (κ2) is 3.87. The third-order valence-corrected chi connectivity index (χ3v) is 3.16. The molecule has 5 heteroatoms. The molecule has 2 aromatic heterocycles. The number of nitrogens with one attached hydrogen (secondary N) is 1. The van der Waals surface area contributed by atoms with Crippen LogP contribution in [0.2, 0.25) is 0 Å². The minimum Gasteiger partial charge on any atom is -0.468 e. The van der Waals surface area contributed by atoms with Crippen LogP contribution < -0.4 is 4.74 Å². The van der Waals surface area contributed by atoms with E-state index in [9.17, 15) is 0 Å². The Balaban J connectivity index is 2.13. The van der Waals surface area contributed by atoms with Crippen molar-refractivity contribution >= 4 is 11.0 Å². The monoisotopic (exact) mass is 242 g/mol. The van der Waals surface area contributed by atoms with Gasteiger partial charge in [0, 0.05) is 12.6 Å². The number of methoxy groups -OCH3 is 1. The molecule has 0 aliphatic heterocycles. The van der Waals surface area contributed by atoms with Crippen LogP contribution in [-0.4, -0.2) is 26.6 Å². The zero-order valence-corrected chi connectivity index (χ0v) is 10.6.